The molecule has 2 aromatic heterocycles. The fourth-order valence-electron chi connectivity index (χ4n) is 4.06. The van der Waals surface area contributed by atoms with Gasteiger partial charge in [-0.3, -0.25) is 9.48 Å². The Morgan fingerprint density at radius 1 is 1.21 bits per heavy atom. The van der Waals surface area contributed by atoms with Gasteiger partial charge in [-0.15, -0.1) is 0 Å². The molecule has 0 bridgehead atoms. The Morgan fingerprint density at radius 3 is 2.66 bits per heavy atom. The highest BCUT2D eigenvalue weighted by Crippen LogP contribution is 2.33. The van der Waals surface area contributed by atoms with Gasteiger partial charge in [-0.2, -0.15) is 5.10 Å². The van der Waals surface area contributed by atoms with Gasteiger partial charge in [0.05, 0.1) is 29.0 Å². The minimum Gasteiger partial charge on any atom is -0.361 e. The second-order valence-corrected chi connectivity index (χ2v) is 8.01. The number of carbonyl (C=O) groups excluding carboxylic acids is 1. The van der Waals surface area contributed by atoms with Crippen molar-refractivity contribution in [1.82, 2.24) is 19.8 Å². The summed E-state index contributed by atoms with van der Waals surface area (Å²) < 4.78 is 7.23. The van der Waals surface area contributed by atoms with Gasteiger partial charge in [0.2, 0.25) is 0 Å². The number of aryl methyl sites for hydroxylation is 2. The quantitative estimate of drug-likeness (QED) is 0.613. The standard InChI is InChI=1S/C22H25ClN4O2/c1-14-20(23)15(2)27(24-14)13-18-16(3)29-25-21(18)22(28)26-12-8-7-11-19(26)17-9-5-4-6-10-17/h4-6,9-10,19H,7-8,11-13H2,1-3H3. The molecule has 0 saturated carbocycles. The fourth-order valence-corrected chi connectivity index (χ4v) is 4.19. The number of piperidine rings is 1. The molecule has 0 spiro atoms. The molecule has 1 atom stereocenters. The molecule has 4 rings (SSSR count). The smallest absolute Gasteiger partial charge is 0.276 e. The Kier molecular flexibility index (Phi) is 5.46. The molecule has 1 fully saturated rings. The Labute approximate surface area is 175 Å². The monoisotopic (exact) mass is 412 g/mol. The van der Waals surface area contributed by atoms with Crippen LogP contribution >= 0.6 is 11.6 Å². The number of carbonyl (C=O) groups is 1. The zero-order valence-electron chi connectivity index (χ0n) is 17.0. The highest BCUT2D eigenvalue weighted by molar-refractivity contribution is 6.31. The summed E-state index contributed by atoms with van der Waals surface area (Å²) in [6.07, 6.45) is 3.06. The molecule has 3 aromatic rings. The van der Waals surface area contributed by atoms with E-state index >= 15 is 0 Å². The maximum atomic E-state index is 13.5. The number of hydrogen-bond donors (Lipinski definition) is 0. The van der Waals surface area contributed by atoms with Crippen molar-refractivity contribution in [2.45, 2.75) is 52.6 Å². The zero-order valence-corrected chi connectivity index (χ0v) is 17.7. The van der Waals surface area contributed by atoms with Crippen LogP contribution in [-0.2, 0) is 6.54 Å². The molecule has 1 aliphatic rings. The molecule has 1 unspecified atom stereocenters. The molecule has 29 heavy (non-hydrogen) atoms. The van der Waals surface area contributed by atoms with Crippen molar-refractivity contribution in [3.63, 3.8) is 0 Å². The van der Waals surface area contributed by atoms with Gasteiger partial charge in [0, 0.05) is 12.1 Å². The third-order valence-corrected chi connectivity index (χ3v) is 6.28. The maximum absolute atomic E-state index is 13.5. The van der Waals surface area contributed by atoms with Gasteiger partial charge < -0.3 is 9.42 Å². The molecule has 1 aliphatic heterocycles. The lowest BCUT2D eigenvalue weighted by molar-refractivity contribution is 0.0599. The minimum absolute atomic E-state index is 0.0606. The van der Waals surface area contributed by atoms with Crippen LogP contribution in [-0.4, -0.2) is 32.3 Å². The van der Waals surface area contributed by atoms with Gasteiger partial charge in [0.1, 0.15) is 5.76 Å². The van der Waals surface area contributed by atoms with Crippen molar-refractivity contribution in [2.24, 2.45) is 0 Å². The summed E-state index contributed by atoms with van der Waals surface area (Å²) in [4.78, 5) is 15.5. The number of rotatable bonds is 4. The Morgan fingerprint density at radius 2 is 1.97 bits per heavy atom. The summed E-state index contributed by atoms with van der Waals surface area (Å²) in [6.45, 7) is 6.74. The summed E-state index contributed by atoms with van der Waals surface area (Å²) in [5.74, 6) is 0.545. The highest BCUT2D eigenvalue weighted by Gasteiger charge is 2.32. The first-order chi connectivity index (χ1) is 14.0. The number of halogens is 1. The Hall–Kier alpha value is -2.60. The molecular formula is C22H25ClN4O2. The fraction of sp³-hybridized carbons (Fsp3) is 0.409. The molecule has 0 N–H and O–H groups in total. The van der Waals surface area contributed by atoms with E-state index in [2.05, 4.69) is 22.4 Å². The second kappa shape index (κ2) is 8.03. The average molecular weight is 413 g/mol. The SMILES string of the molecule is Cc1nn(Cc2c(C(=O)N3CCCCC3c3ccccc3)noc2C)c(C)c1Cl. The third kappa shape index (κ3) is 3.69. The molecule has 1 aromatic carbocycles. The van der Waals surface area contributed by atoms with Gasteiger partial charge >= 0.3 is 0 Å². The summed E-state index contributed by atoms with van der Waals surface area (Å²) in [6, 6.07) is 10.3. The van der Waals surface area contributed by atoms with Crippen LogP contribution in [0.2, 0.25) is 5.02 Å². The van der Waals surface area contributed by atoms with Crippen molar-refractivity contribution in [3.8, 4) is 0 Å². The third-order valence-electron chi connectivity index (χ3n) is 5.74. The summed E-state index contributed by atoms with van der Waals surface area (Å²) in [7, 11) is 0. The molecular weight excluding hydrogens is 388 g/mol. The lowest BCUT2D eigenvalue weighted by atomic mass is 9.94. The average Bonchev–Trinajstić information content (AvgIpc) is 3.23. The van der Waals surface area contributed by atoms with Gasteiger partial charge in [-0.05, 0) is 45.6 Å². The minimum atomic E-state index is -0.0852. The molecule has 6 nitrogen and oxygen atoms in total. The maximum Gasteiger partial charge on any atom is 0.276 e. The largest absolute Gasteiger partial charge is 0.361 e. The van der Waals surface area contributed by atoms with E-state index in [9.17, 15) is 4.79 Å². The number of benzene rings is 1. The first kappa shape index (κ1) is 19.7. The number of likely N-dealkylation sites (tertiary alicyclic amines) is 1. The van der Waals surface area contributed by atoms with E-state index in [0.717, 1.165) is 48.3 Å². The molecule has 3 heterocycles. The van der Waals surface area contributed by atoms with E-state index in [0.29, 0.717) is 23.0 Å². The second-order valence-electron chi connectivity index (χ2n) is 7.63. The Bertz CT molecular complexity index is 1030. The van der Waals surface area contributed by atoms with Crippen LogP contribution < -0.4 is 0 Å². The van der Waals surface area contributed by atoms with E-state index in [-0.39, 0.29) is 11.9 Å². The van der Waals surface area contributed by atoms with Crippen molar-refractivity contribution in [1.29, 1.82) is 0 Å². The number of aromatic nitrogens is 3. The predicted octanol–water partition coefficient (Wildman–Crippen LogP) is 4.87. The van der Waals surface area contributed by atoms with Crippen molar-refractivity contribution < 1.29 is 9.32 Å². The first-order valence-electron chi connectivity index (χ1n) is 9.98. The molecule has 1 saturated heterocycles. The topological polar surface area (TPSA) is 64.2 Å². The van der Waals surface area contributed by atoms with E-state index in [1.165, 1.54) is 0 Å². The van der Waals surface area contributed by atoms with Gasteiger partial charge in [-0.25, -0.2) is 0 Å². The van der Waals surface area contributed by atoms with E-state index in [1.807, 2.05) is 43.9 Å². The number of hydrogen-bond acceptors (Lipinski definition) is 4. The van der Waals surface area contributed by atoms with Crippen LogP contribution in [0.5, 0.6) is 0 Å². The number of nitrogens with zero attached hydrogens (tertiary/aromatic N) is 4. The van der Waals surface area contributed by atoms with E-state index < -0.39 is 0 Å². The van der Waals surface area contributed by atoms with Crippen LogP contribution in [0.15, 0.2) is 34.9 Å². The molecule has 0 radical (unpaired) electrons. The molecule has 1 amide bonds. The zero-order chi connectivity index (χ0) is 20.5. The van der Waals surface area contributed by atoms with Crippen LogP contribution in [0.4, 0.5) is 0 Å². The van der Waals surface area contributed by atoms with Gasteiger partial charge in [-0.1, -0.05) is 47.1 Å². The molecule has 7 heteroatoms. The van der Waals surface area contributed by atoms with Crippen molar-refractivity contribution in [3.05, 3.63) is 69.3 Å². The summed E-state index contributed by atoms with van der Waals surface area (Å²) in [5, 5.41) is 9.27. The molecule has 0 aliphatic carbocycles. The van der Waals surface area contributed by atoms with Crippen LogP contribution in [0, 0.1) is 20.8 Å². The van der Waals surface area contributed by atoms with E-state index in [1.54, 1.807) is 4.68 Å². The number of amides is 1. The lowest BCUT2D eigenvalue weighted by Crippen LogP contribution is -2.39. The first-order valence-corrected chi connectivity index (χ1v) is 10.4. The van der Waals surface area contributed by atoms with Gasteiger partial charge in [0.25, 0.3) is 5.91 Å². The predicted molar refractivity (Wildman–Crippen MR) is 111 cm³/mol. The lowest BCUT2D eigenvalue weighted by Gasteiger charge is -2.35. The van der Waals surface area contributed by atoms with Crippen LogP contribution in [0.25, 0.3) is 0 Å². The van der Waals surface area contributed by atoms with Crippen LogP contribution in [0.1, 0.15) is 64.1 Å². The van der Waals surface area contributed by atoms with Crippen LogP contribution in [0.3, 0.4) is 0 Å². The molecule has 152 valence electrons. The normalized spacial score (nSPS) is 17.0. The highest BCUT2D eigenvalue weighted by atomic mass is 35.5. The summed E-state index contributed by atoms with van der Waals surface area (Å²) in [5.41, 5.74) is 3.92. The Balaban J connectivity index is 1.66. The van der Waals surface area contributed by atoms with Crippen molar-refractivity contribution in [2.75, 3.05) is 6.54 Å². The van der Waals surface area contributed by atoms with E-state index in [4.69, 9.17) is 16.1 Å². The van der Waals surface area contributed by atoms with Gasteiger partial charge in [0.15, 0.2) is 5.69 Å². The summed E-state index contributed by atoms with van der Waals surface area (Å²) >= 11 is 6.29. The van der Waals surface area contributed by atoms with Crippen molar-refractivity contribution >= 4 is 17.5 Å².